The number of hydrogen-bond acceptors (Lipinski definition) is 4. The summed E-state index contributed by atoms with van der Waals surface area (Å²) in [6.07, 6.45) is 4.38. The first-order valence-corrected chi connectivity index (χ1v) is 9.18. The van der Waals surface area contributed by atoms with Gasteiger partial charge in [0.1, 0.15) is 5.54 Å². The van der Waals surface area contributed by atoms with Gasteiger partial charge in [-0.2, -0.15) is 0 Å². The Bertz CT molecular complexity index is 495. The molecule has 0 aromatic carbocycles. The summed E-state index contributed by atoms with van der Waals surface area (Å²) in [5.41, 5.74) is -1.20. The van der Waals surface area contributed by atoms with Crippen molar-refractivity contribution < 1.29 is 23.1 Å². The first kappa shape index (κ1) is 16.1. The highest BCUT2D eigenvalue weighted by Crippen LogP contribution is 2.27. The molecule has 0 atom stereocenters. The van der Waals surface area contributed by atoms with Gasteiger partial charge in [0.15, 0.2) is 9.84 Å². The van der Waals surface area contributed by atoms with Crippen LogP contribution in [0.15, 0.2) is 0 Å². The lowest BCUT2D eigenvalue weighted by molar-refractivity contribution is -0.145. The molecule has 0 aromatic heterocycles. The molecule has 0 aromatic rings. The summed E-state index contributed by atoms with van der Waals surface area (Å²) in [7, 11) is -3.06. The van der Waals surface area contributed by atoms with Crippen molar-refractivity contribution in [2.75, 3.05) is 24.6 Å². The van der Waals surface area contributed by atoms with Crippen molar-refractivity contribution in [3.8, 4) is 0 Å². The number of carboxylic acids is 1. The number of nitrogens with zero attached hydrogens (tertiary/aromatic N) is 1. The summed E-state index contributed by atoms with van der Waals surface area (Å²) < 4.78 is 22.7. The molecule has 2 aliphatic rings. The molecule has 1 aliphatic heterocycles. The van der Waals surface area contributed by atoms with Crippen molar-refractivity contribution >= 4 is 21.8 Å². The zero-order chi connectivity index (χ0) is 15.5. The van der Waals surface area contributed by atoms with Gasteiger partial charge in [0, 0.05) is 13.1 Å². The molecule has 1 saturated carbocycles. The summed E-state index contributed by atoms with van der Waals surface area (Å²) in [6, 6.07) is -0.464. The minimum absolute atomic E-state index is 0.0551. The monoisotopic (exact) mass is 318 g/mol. The smallest absolute Gasteiger partial charge is 0.329 e. The third kappa shape index (κ3) is 3.87. The molecular formula is C13H22N2O5S. The van der Waals surface area contributed by atoms with Crippen LogP contribution in [0.25, 0.3) is 0 Å². The van der Waals surface area contributed by atoms with Crippen molar-refractivity contribution in [3.05, 3.63) is 0 Å². The van der Waals surface area contributed by atoms with Crippen LogP contribution in [0.2, 0.25) is 0 Å². The maximum Gasteiger partial charge on any atom is 0.329 e. The van der Waals surface area contributed by atoms with Crippen LogP contribution in [0.3, 0.4) is 0 Å². The number of carbonyl (C=O) groups excluding carboxylic acids is 1. The standard InChI is InChI=1S/C13H22N2O5S/c16-11(17)13(5-3-1-2-4-6-13)14-12(18)15-7-9-21(19,20)10-8-15/h1-10H2,(H,14,18)(H,16,17). The third-order valence-electron chi connectivity index (χ3n) is 4.34. The van der Waals surface area contributed by atoms with E-state index in [1.54, 1.807) is 0 Å². The number of carbonyl (C=O) groups is 2. The van der Waals surface area contributed by atoms with E-state index in [1.807, 2.05) is 0 Å². The second-order valence-corrected chi connectivity index (χ2v) is 8.17. The predicted molar refractivity (Wildman–Crippen MR) is 76.8 cm³/mol. The molecular weight excluding hydrogens is 296 g/mol. The molecule has 0 unspecified atom stereocenters. The Labute approximate surface area is 124 Å². The predicted octanol–water partition coefficient (Wildman–Crippen LogP) is 0.604. The fraction of sp³-hybridized carbons (Fsp3) is 0.846. The van der Waals surface area contributed by atoms with Gasteiger partial charge in [0.05, 0.1) is 11.5 Å². The highest BCUT2D eigenvalue weighted by atomic mass is 32.2. The maximum atomic E-state index is 12.3. The van der Waals surface area contributed by atoms with Crippen LogP contribution >= 0.6 is 0 Å². The number of nitrogens with one attached hydrogen (secondary N) is 1. The van der Waals surface area contributed by atoms with Gasteiger partial charge >= 0.3 is 12.0 Å². The molecule has 2 rings (SSSR count). The van der Waals surface area contributed by atoms with Crippen molar-refractivity contribution in [2.45, 2.75) is 44.1 Å². The minimum atomic E-state index is -3.06. The van der Waals surface area contributed by atoms with E-state index >= 15 is 0 Å². The van der Waals surface area contributed by atoms with E-state index < -0.39 is 27.4 Å². The Hall–Kier alpha value is -1.31. The summed E-state index contributed by atoms with van der Waals surface area (Å²) in [5.74, 6) is -1.11. The number of urea groups is 1. The van der Waals surface area contributed by atoms with Crippen molar-refractivity contribution in [3.63, 3.8) is 0 Å². The molecule has 7 nitrogen and oxygen atoms in total. The van der Waals surface area contributed by atoms with Crippen LogP contribution in [-0.2, 0) is 14.6 Å². The van der Waals surface area contributed by atoms with Gasteiger partial charge in [-0.25, -0.2) is 18.0 Å². The summed E-state index contributed by atoms with van der Waals surface area (Å²) in [4.78, 5) is 25.3. The molecule has 0 spiro atoms. The van der Waals surface area contributed by atoms with Gasteiger partial charge < -0.3 is 15.3 Å². The summed E-state index contributed by atoms with van der Waals surface area (Å²) >= 11 is 0. The summed E-state index contributed by atoms with van der Waals surface area (Å²) in [6.45, 7) is 0.258. The largest absolute Gasteiger partial charge is 0.480 e. The van der Waals surface area contributed by atoms with E-state index in [2.05, 4.69) is 5.32 Å². The van der Waals surface area contributed by atoms with Crippen LogP contribution in [0.4, 0.5) is 4.79 Å². The van der Waals surface area contributed by atoms with Gasteiger partial charge in [0.2, 0.25) is 0 Å². The second kappa shape index (κ2) is 6.21. The van der Waals surface area contributed by atoms with E-state index in [4.69, 9.17) is 0 Å². The van der Waals surface area contributed by atoms with Gasteiger partial charge in [-0.1, -0.05) is 25.7 Å². The van der Waals surface area contributed by atoms with Crippen LogP contribution in [0.1, 0.15) is 38.5 Å². The molecule has 2 N–H and O–H groups in total. The molecule has 1 heterocycles. The number of amides is 2. The Morgan fingerprint density at radius 3 is 2.00 bits per heavy atom. The Morgan fingerprint density at radius 1 is 1.00 bits per heavy atom. The van der Waals surface area contributed by atoms with Crippen molar-refractivity contribution in [1.82, 2.24) is 10.2 Å². The quantitative estimate of drug-likeness (QED) is 0.726. The molecule has 21 heavy (non-hydrogen) atoms. The number of aliphatic carboxylic acids is 1. The maximum absolute atomic E-state index is 12.3. The Kier molecular flexibility index (Phi) is 4.75. The first-order valence-electron chi connectivity index (χ1n) is 7.36. The lowest BCUT2D eigenvalue weighted by Gasteiger charge is -2.34. The number of hydrogen-bond donors (Lipinski definition) is 2. The van der Waals surface area contributed by atoms with Gasteiger partial charge in [-0.05, 0) is 12.8 Å². The van der Waals surface area contributed by atoms with Gasteiger partial charge in [-0.3, -0.25) is 0 Å². The van der Waals surface area contributed by atoms with Crippen molar-refractivity contribution in [1.29, 1.82) is 0 Å². The molecule has 1 saturated heterocycles. The second-order valence-electron chi connectivity index (χ2n) is 5.87. The molecule has 8 heteroatoms. The van der Waals surface area contributed by atoms with Gasteiger partial charge in [-0.15, -0.1) is 0 Å². The highest BCUT2D eigenvalue weighted by Gasteiger charge is 2.41. The van der Waals surface area contributed by atoms with Gasteiger partial charge in [0.25, 0.3) is 0 Å². The third-order valence-corrected chi connectivity index (χ3v) is 5.95. The molecule has 1 aliphatic carbocycles. The Balaban J connectivity index is 2.03. The lowest BCUT2D eigenvalue weighted by Crippen LogP contribution is -2.59. The van der Waals surface area contributed by atoms with E-state index in [0.717, 1.165) is 25.7 Å². The number of carboxylic acid groups (broad SMARTS) is 1. The molecule has 0 radical (unpaired) electrons. The fourth-order valence-corrected chi connectivity index (χ4v) is 4.12. The normalized spacial score (nSPS) is 24.9. The molecule has 2 amide bonds. The average Bonchev–Trinajstić information content (AvgIpc) is 2.65. The van der Waals surface area contributed by atoms with Crippen LogP contribution in [0.5, 0.6) is 0 Å². The highest BCUT2D eigenvalue weighted by molar-refractivity contribution is 7.91. The number of rotatable bonds is 2. The molecule has 120 valence electrons. The Morgan fingerprint density at radius 2 is 1.52 bits per heavy atom. The van der Waals surface area contributed by atoms with E-state index in [-0.39, 0.29) is 24.6 Å². The van der Waals surface area contributed by atoms with Crippen LogP contribution in [0, 0.1) is 0 Å². The molecule has 0 bridgehead atoms. The zero-order valence-electron chi connectivity index (χ0n) is 12.0. The average molecular weight is 318 g/mol. The zero-order valence-corrected chi connectivity index (χ0v) is 12.8. The SMILES string of the molecule is O=C(NC1(C(=O)O)CCCCCC1)N1CCS(=O)(=O)CC1. The molecule has 2 fully saturated rings. The summed E-state index contributed by atoms with van der Waals surface area (Å²) in [5, 5.41) is 12.2. The minimum Gasteiger partial charge on any atom is -0.480 e. The van der Waals surface area contributed by atoms with E-state index in [0.29, 0.717) is 12.8 Å². The van der Waals surface area contributed by atoms with Crippen LogP contribution in [-0.4, -0.2) is 60.6 Å². The lowest BCUT2D eigenvalue weighted by atomic mass is 9.90. The fourth-order valence-electron chi connectivity index (χ4n) is 2.92. The van der Waals surface area contributed by atoms with Crippen LogP contribution < -0.4 is 5.32 Å². The first-order chi connectivity index (χ1) is 9.85. The van der Waals surface area contributed by atoms with E-state index in [1.165, 1.54) is 4.90 Å². The van der Waals surface area contributed by atoms with E-state index in [9.17, 15) is 23.1 Å². The number of sulfone groups is 1. The topological polar surface area (TPSA) is 104 Å². The van der Waals surface area contributed by atoms with Crippen molar-refractivity contribution in [2.24, 2.45) is 0 Å².